The fourth-order valence-corrected chi connectivity index (χ4v) is 1.39. The Balaban J connectivity index is 1.93. The second kappa shape index (κ2) is 3.91. The zero-order valence-corrected chi connectivity index (χ0v) is 8.89. The number of rotatable bonds is 3. The van der Waals surface area contributed by atoms with Gasteiger partial charge in [0.2, 0.25) is 9.72 Å². The van der Waals surface area contributed by atoms with Crippen molar-refractivity contribution in [2.75, 3.05) is 0 Å². The molecule has 0 aromatic carbocycles. The molecule has 0 saturated carbocycles. The summed E-state index contributed by atoms with van der Waals surface area (Å²) >= 11 is 2.01. The fourth-order valence-electron chi connectivity index (χ4n) is 1.02. The lowest BCUT2D eigenvalue weighted by Crippen LogP contribution is -1.89. The highest BCUT2D eigenvalue weighted by Crippen LogP contribution is 2.06. The van der Waals surface area contributed by atoms with Crippen molar-refractivity contribution in [2.45, 2.75) is 12.8 Å². The van der Waals surface area contributed by atoms with Gasteiger partial charge in [0, 0.05) is 35.4 Å². The summed E-state index contributed by atoms with van der Waals surface area (Å²) in [4.78, 5) is 4.08. The van der Waals surface area contributed by atoms with E-state index in [2.05, 4.69) is 10.1 Å². The second-order valence-corrected chi connectivity index (χ2v) is 3.50. The van der Waals surface area contributed by atoms with Crippen LogP contribution >= 0.6 is 22.6 Å². The number of hydrogen-bond donors (Lipinski definition) is 0. The lowest BCUT2D eigenvalue weighted by molar-refractivity contribution is 0.370. The Hall–Kier alpha value is -0.850. The van der Waals surface area contributed by atoms with E-state index >= 15 is 0 Å². The number of hydrogen-bond acceptors (Lipinski definition) is 4. The van der Waals surface area contributed by atoms with E-state index in [1.807, 2.05) is 34.7 Å². The maximum Gasteiger partial charge on any atom is 0.232 e. The third-order valence-corrected chi connectivity index (χ3v) is 2.05. The zero-order valence-electron chi connectivity index (χ0n) is 6.74. The molecule has 4 nitrogen and oxygen atoms in total. The van der Waals surface area contributed by atoms with Crippen LogP contribution in [-0.2, 0) is 12.8 Å². The van der Waals surface area contributed by atoms with E-state index in [0.717, 1.165) is 18.6 Å². The molecule has 2 aromatic heterocycles. The van der Waals surface area contributed by atoms with Gasteiger partial charge in [0.25, 0.3) is 0 Å². The van der Waals surface area contributed by atoms with Crippen molar-refractivity contribution in [1.82, 2.24) is 10.1 Å². The van der Waals surface area contributed by atoms with E-state index in [1.165, 1.54) is 0 Å². The molecule has 13 heavy (non-hydrogen) atoms. The molecule has 0 radical (unpaired) electrons. The van der Waals surface area contributed by atoms with E-state index in [-0.39, 0.29) is 0 Å². The summed E-state index contributed by atoms with van der Waals surface area (Å²) in [5.74, 6) is 1.59. The zero-order chi connectivity index (χ0) is 9.10. The molecule has 0 aliphatic rings. The largest absolute Gasteiger partial charge is 0.469 e. The number of nitrogens with zero attached hydrogens (tertiary/aromatic N) is 2. The maximum atomic E-state index is 5.17. The van der Waals surface area contributed by atoms with Gasteiger partial charge in [-0.25, -0.2) is 0 Å². The minimum absolute atomic E-state index is 0.645. The van der Waals surface area contributed by atoms with Crippen LogP contribution in [0.25, 0.3) is 0 Å². The molecule has 5 heteroatoms. The van der Waals surface area contributed by atoms with Crippen LogP contribution in [0.2, 0.25) is 0 Å². The predicted molar refractivity (Wildman–Crippen MR) is 53.1 cm³/mol. The summed E-state index contributed by atoms with van der Waals surface area (Å²) in [6, 6.07) is 3.80. The van der Waals surface area contributed by atoms with Crippen molar-refractivity contribution in [3.8, 4) is 0 Å². The highest BCUT2D eigenvalue weighted by atomic mass is 127. The number of furan rings is 1. The van der Waals surface area contributed by atoms with Crippen LogP contribution in [0.4, 0.5) is 0 Å². The first-order valence-electron chi connectivity index (χ1n) is 3.85. The highest BCUT2D eigenvalue weighted by Gasteiger charge is 2.04. The maximum absolute atomic E-state index is 5.17. The number of halogens is 1. The molecule has 0 aliphatic carbocycles. The van der Waals surface area contributed by atoms with Gasteiger partial charge in [0.15, 0.2) is 0 Å². The van der Waals surface area contributed by atoms with Gasteiger partial charge in [-0.15, -0.1) is 0 Å². The Bertz CT molecular complexity index is 369. The first-order chi connectivity index (χ1) is 6.34. The molecule has 2 heterocycles. The standard InChI is InChI=1S/C8H7IN2O2/c9-8-10-7(13-11-8)4-3-6-2-1-5-12-6/h1-2,5H,3-4H2. The van der Waals surface area contributed by atoms with Crippen molar-refractivity contribution in [3.63, 3.8) is 0 Å². The van der Waals surface area contributed by atoms with E-state index < -0.39 is 0 Å². The summed E-state index contributed by atoms with van der Waals surface area (Å²) in [5, 5.41) is 3.69. The van der Waals surface area contributed by atoms with Crippen molar-refractivity contribution in [1.29, 1.82) is 0 Å². The average Bonchev–Trinajstić information content (AvgIpc) is 2.71. The molecule has 0 spiro atoms. The summed E-state index contributed by atoms with van der Waals surface area (Å²) in [6.07, 6.45) is 3.18. The lowest BCUT2D eigenvalue weighted by atomic mass is 10.2. The van der Waals surface area contributed by atoms with E-state index in [4.69, 9.17) is 8.94 Å². The van der Waals surface area contributed by atoms with Gasteiger partial charge in [0.1, 0.15) is 5.76 Å². The number of aryl methyl sites for hydroxylation is 2. The smallest absolute Gasteiger partial charge is 0.232 e. The van der Waals surface area contributed by atoms with Crippen LogP contribution in [0.5, 0.6) is 0 Å². The summed E-state index contributed by atoms with van der Waals surface area (Å²) < 4.78 is 10.8. The Kier molecular flexibility index (Phi) is 2.62. The van der Waals surface area contributed by atoms with Gasteiger partial charge in [-0.2, -0.15) is 4.98 Å². The summed E-state index contributed by atoms with van der Waals surface area (Å²) in [7, 11) is 0. The second-order valence-electron chi connectivity index (χ2n) is 2.54. The molecular formula is C8H7IN2O2. The van der Waals surface area contributed by atoms with Crippen LogP contribution in [0.3, 0.4) is 0 Å². The molecule has 0 N–H and O–H groups in total. The van der Waals surface area contributed by atoms with Crippen LogP contribution in [-0.4, -0.2) is 10.1 Å². The van der Waals surface area contributed by atoms with E-state index in [0.29, 0.717) is 9.72 Å². The van der Waals surface area contributed by atoms with Gasteiger partial charge in [0.05, 0.1) is 6.26 Å². The third kappa shape index (κ3) is 2.30. The Morgan fingerprint density at radius 2 is 2.31 bits per heavy atom. The predicted octanol–water partition coefficient (Wildman–Crippen LogP) is 2.05. The molecule has 0 saturated heterocycles. The molecular weight excluding hydrogens is 283 g/mol. The van der Waals surface area contributed by atoms with Crippen LogP contribution in [0.1, 0.15) is 11.7 Å². The first-order valence-corrected chi connectivity index (χ1v) is 4.93. The molecule has 0 fully saturated rings. The molecule has 0 unspecified atom stereocenters. The van der Waals surface area contributed by atoms with Gasteiger partial charge >= 0.3 is 0 Å². The van der Waals surface area contributed by atoms with Crippen LogP contribution < -0.4 is 0 Å². The Morgan fingerprint density at radius 1 is 1.38 bits per heavy atom. The van der Waals surface area contributed by atoms with Crippen molar-refractivity contribution in [3.05, 3.63) is 33.9 Å². The summed E-state index contributed by atoms with van der Waals surface area (Å²) in [6.45, 7) is 0. The SMILES string of the molecule is Ic1noc(CCc2ccco2)n1. The topological polar surface area (TPSA) is 52.1 Å². The minimum Gasteiger partial charge on any atom is -0.469 e. The van der Waals surface area contributed by atoms with Gasteiger partial charge in [-0.3, -0.25) is 0 Å². The average molecular weight is 290 g/mol. The van der Waals surface area contributed by atoms with Gasteiger partial charge in [-0.1, -0.05) is 5.16 Å². The van der Waals surface area contributed by atoms with Crippen molar-refractivity contribution in [2.24, 2.45) is 0 Å². The Labute approximate surface area is 88.5 Å². The summed E-state index contributed by atoms with van der Waals surface area (Å²) in [5.41, 5.74) is 0. The Morgan fingerprint density at radius 3 is 2.92 bits per heavy atom. The van der Waals surface area contributed by atoms with E-state index in [1.54, 1.807) is 6.26 Å². The minimum atomic E-state index is 0.645. The molecule has 2 aromatic rings. The van der Waals surface area contributed by atoms with Crippen molar-refractivity contribution >= 4 is 22.6 Å². The quantitative estimate of drug-likeness (QED) is 0.812. The lowest BCUT2D eigenvalue weighted by Gasteiger charge is -1.90. The highest BCUT2D eigenvalue weighted by molar-refractivity contribution is 14.1. The van der Waals surface area contributed by atoms with Crippen molar-refractivity contribution < 1.29 is 8.94 Å². The molecule has 68 valence electrons. The van der Waals surface area contributed by atoms with Gasteiger partial charge in [-0.05, 0) is 12.1 Å². The monoisotopic (exact) mass is 290 g/mol. The van der Waals surface area contributed by atoms with Crippen LogP contribution in [0.15, 0.2) is 27.3 Å². The van der Waals surface area contributed by atoms with Gasteiger partial charge < -0.3 is 8.94 Å². The fraction of sp³-hybridized carbons (Fsp3) is 0.250. The molecule has 0 aliphatic heterocycles. The molecule has 0 bridgehead atoms. The third-order valence-electron chi connectivity index (χ3n) is 1.61. The van der Waals surface area contributed by atoms with E-state index in [9.17, 15) is 0 Å². The normalized spacial score (nSPS) is 10.5. The van der Waals surface area contributed by atoms with Crippen LogP contribution in [0, 0.1) is 3.83 Å². The number of aromatic nitrogens is 2. The first kappa shape index (κ1) is 8.74. The molecule has 0 atom stereocenters. The molecule has 2 rings (SSSR count). The molecule has 0 amide bonds.